The third-order valence-electron chi connectivity index (χ3n) is 6.12. The van der Waals surface area contributed by atoms with Crippen molar-refractivity contribution in [3.63, 3.8) is 0 Å². The number of aryl methyl sites for hydroxylation is 3. The SMILES string of the molecule is Cc1cccc(CN2CCN([C@H]3CC(=O)N(c4c(C)cccc4C)C3=O)CC2)c1. The molecule has 2 amide bonds. The number of amides is 2. The Hall–Kier alpha value is -2.50. The molecule has 152 valence electrons. The smallest absolute Gasteiger partial charge is 0.251 e. The van der Waals surface area contributed by atoms with E-state index < -0.39 is 0 Å². The van der Waals surface area contributed by atoms with Crippen LogP contribution in [-0.2, 0) is 16.1 Å². The van der Waals surface area contributed by atoms with E-state index >= 15 is 0 Å². The van der Waals surface area contributed by atoms with Crippen molar-refractivity contribution in [3.05, 3.63) is 64.7 Å². The first-order valence-corrected chi connectivity index (χ1v) is 10.4. The third kappa shape index (κ3) is 3.98. The van der Waals surface area contributed by atoms with E-state index in [0.29, 0.717) is 0 Å². The van der Waals surface area contributed by atoms with Crippen LogP contribution in [0.25, 0.3) is 0 Å². The van der Waals surface area contributed by atoms with Crippen molar-refractivity contribution < 1.29 is 9.59 Å². The maximum Gasteiger partial charge on any atom is 0.251 e. The van der Waals surface area contributed by atoms with Crippen LogP contribution in [0.3, 0.4) is 0 Å². The number of para-hydroxylation sites is 1. The molecule has 0 bridgehead atoms. The van der Waals surface area contributed by atoms with Crippen LogP contribution in [0.4, 0.5) is 5.69 Å². The van der Waals surface area contributed by atoms with Crippen LogP contribution >= 0.6 is 0 Å². The summed E-state index contributed by atoms with van der Waals surface area (Å²) in [6, 6.07) is 14.2. The van der Waals surface area contributed by atoms with E-state index in [4.69, 9.17) is 0 Å². The van der Waals surface area contributed by atoms with Crippen LogP contribution in [0.15, 0.2) is 42.5 Å². The summed E-state index contributed by atoms with van der Waals surface area (Å²) >= 11 is 0. The lowest BCUT2D eigenvalue weighted by Crippen LogP contribution is -2.52. The zero-order chi connectivity index (χ0) is 20.5. The van der Waals surface area contributed by atoms with Crippen molar-refractivity contribution in [1.29, 1.82) is 0 Å². The van der Waals surface area contributed by atoms with E-state index in [0.717, 1.165) is 49.5 Å². The Morgan fingerprint density at radius 2 is 1.55 bits per heavy atom. The Morgan fingerprint density at radius 1 is 0.897 bits per heavy atom. The minimum atomic E-state index is -0.331. The van der Waals surface area contributed by atoms with Gasteiger partial charge in [-0.1, -0.05) is 48.0 Å². The van der Waals surface area contributed by atoms with Gasteiger partial charge in [0.25, 0.3) is 5.91 Å². The lowest BCUT2D eigenvalue weighted by atomic mass is 10.1. The van der Waals surface area contributed by atoms with Crippen molar-refractivity contribution in [2.75, 3.05) is 31.1 Å². The van der Waals surface area contributed by atoms with Crippen LogP contribution < -0.4 is 4.90 Å². The molecule has 0 radical (unpaired) electrons. The molecule has 2 aromatic rings. The fraction of sp³-hybridized carbons (Fsp3) is 0.417. The fourth-order valence-electron chi connectivity index (χ4n) is 4.60. The molecule has 0 spiro atoms. The monoisotopic (exact) mass is 391 g/mol. The average Bonchev–Trinajstić information content (AvgIpc) is 2.97. The molecule has 5 heteroatoms. The van der Waals surface area contributed by atoms with Crippen molar-refractivity contribution in [2.24, 2.45) is 0 Å². The van der Waals surface area contributed by atoms with Gasteiger partial charge in [0, 0.05) is 32.7 Å². The van der Waals surface area contributed by atoms with Gasteiger partial charge < -0.3 is 0 Å². The van der Waals surface area contributed by atoms with Crippen LogP contribution in [0.5, 0.6) is 0 Å². The molecule has 2 aromatic carbocycles. The van der Waals surface area contributed by atoms with Crippen LogP contribution in [-0.4, -0.2) is 53.8 Å². The number of nitrogens with zero attached hydrogens (tertiary/aromatic N) is 3. The van der Waals surface area contributed by atoms with Crippen molar-refractivity contribution >= 4 is 17.5 Å². The summed E-state index contributed by atoms with van der Waals surface area (Å²) in [6.07, 6.45) is 0.282. The molecule has 5 nitrogen and oxygen atoms in total. The minimum Gasteiger partial charge on any atom is -0.297 e. The molecule has 2 saturated heterocycles. The summed E-state index contributed by atoms with van der Waals surface area (Å²) in [7, 11) is 0. The average molecular weight is 392 g/mol. The number of imide groups is 1. The Morgan fingerprint density at radius 3 is 2.21 bits per heavy atom. The molecule has 0 aliphatic carbocycles. The van der Waals surface area contributed by atoms with E-state index in [2.05, 4.69) is 41.0 Å². The Labute approximate surface area is 172 Å². The van der Waals surface area contributed by atoms with E-state index in [-0.39, 0.29) is 24.3 Å². The Kier molecular flexibility index (Phi) is 5.52. The van der Waals surface area contributed by atoms with Crippen molar-refractivity contribution in [3.8, 4) is 0 Å². The fourth-order valence-corrected chi connectivity index (χ4v) is 4.60. The predicted octanol–water partition coefficient (Wildman–Crippen LogP) is 3.06. The molecule has 2 aliphatic rings. The number of benzene rings is 2. The number of anilines is 1. The molecular formula is C24H29N3O2. The lowest BCUT2D eigenvalue weighted by Gasteiger charge is -2.37. The summed E-state index contributed by atoms with van der Waals surface area (Å²) in [5.41, 5.74) is 5.31. The highest BCUT2D eigenvalue weighted by atomic mass is 16.2. The number of carbonyl (C=O) groups excluding carboxylic acids is 2. The van der Waals surface area contributed by atoms with E-state index in [9.17, 15) is 9.59 Å². The normalized spacial score (nSPS) is 21.2. The number of rotatable bonds is 4. The second kappa shape index (κ2) is 8.09. The van der Waals surface area contributed by atoms with Gasteiger partial charge in [0.05, 0.1) is 18.2 Å². The minimum absolute atomic E-state index is 0.0699. The zero-order valence-corrected chi connectivity index (χ0v) is 17.5. The van der Waals surface area contributed by atoms with Crippen LogP contribution in [0.1, 0.15) is 28.7 Å². The van der Waals surface area contributed by atoms with Crippen LogP contribution in [0.2, 0.25) is 0 Å². The standard InChI is InChI=1S/C24H29N3O2/c1-17-6-4-9-20(14-17)16-25-10-12-26(13-11-25)21-15-22(28)27(24(21)29)23-18(2)7-5-8-19(23)3/h4-9,14,21H,10-13,15-16H2,1-3H3/t21-/m0/s1. The second-order valence-electron chi connectivity index (χ2n) is 8.33. The van der Waals surface area contributed by atoms with E-state index in [1.54, 1.807) is 0 Å². The molecule has 0 unspecified atom stereocenters. The van der Waals surface area contributed by atoms with Crippen molar-refractivity contribution in [2.45, 2.75) is 39.8 Å². The number of piperazine rings is 1. The summed E-state index contributed by atoms with van der Waals surface area (Å²) < 4.78 is 0. The number of hydrogen-bond acceptors (Lipinski definition) is 4. The molecule has 0 N–H and O–H groups in total. The van der Waals surface area contributed by atoms with E-state index in [1.807, 2.05) is 32.0 Å². The van der Waals surface area contributed by atoms with Gasteiger partial charge in [-0.3, -0.25) is 19.4 Å². The van der Waals surface area contributed by atoms with Crippen LogP contribution in [0, 0.1) is 20.8 Å². The number of carbonyl (C=O) groups is 2. The van der Waals surface area contributed by atoms with E-state index in [1.165, 1.54) is 16.0 Å². The summed E-state index contributed by atoms with van der Waals surface area (Å²) in [4.78, 5) is 32.0. The molecule has 1 atom stereocenters. The van der Waals surface area contributed by atoms with Gasteiger partial charge in [-0.15, -0.1) is 0 Å². The largest absolute Gasteiger partial charge is 0.297 e. The maximum absolute atomic E-state index is 13.2. The van der Waals surface area contributed by atoms with Gasteiger partial charge in [-0.05, 0) is 37.5 Å². The molecule has 2 aliphatic heterocycles. The molecule has 4 rings (SSSR count). The Balaban J connectivity index is 1.42. The first-order valence-electron chi connectivity index (χ1n) is 10.4. The van der Waals surface area contributed by atoms with Gasteiger partial charge in [0.1, 0.15) is 0 Å². The first kappa shape index (κ1) is 19.8. The van der Waals surface area contributed by atoms with Gasteiger partial charge in [0.15, 0.2) is 0 Å². The highest BCUT2D eigenvalue weighted by molar-refractivity contribution is 6.23. The second-order valence-corrected chi connectivity index (χ2v) is 8.33. The lowest BCUT2D eigenvalue weighted by molar-refractivity contribution is -0.123. The first-order chi connectivity index (χ1) is 13.9. The van der Waals surface area contributed by atoms with Gasteiger partial charge in [0.2, 0.25) is 5.91 Å². The van der Waals surface area contributed by atoms with Gasteiger partial charge in [-0.25, -0.2) is 4.90 Å². The molecule has 0 aromatic heterocycles. The molecule has 29 heavy (non-hydrogen) atoms. The summed E-state index contributed by atoms with van der Waals surface area (Å²) in [5, 5.41) is 0. The number of hydrogen-bond donors (Lipinski definition) is 0. The topological polar surface area (TPSA) is 43.9 Å². The molecule has 2 fully saturated rings. The molecule has 0 saturated carbocycles. The maximum atomic E-state index is 13.2. The highest BCUT2D eigenvalue weighted by Gasteiger charge is 2.44. The molecule has 2 heterocycles. The third-order valence-corrected chi connectivity index (χ3v) is 6.12. The quantitative estimate of drug-likeness (QED) is 0.752. The predicted molar refractivity (Wildman–Crippen MR) is 115 cm³/mol. The van der Waals surface area contributed by atoms with Gasteiger partial charge >= 0.3 is 0 Å². The summed E-state index contributed by atoms with van der Waals surface area (Å²) in [6.45, 7) is 10.4. The van der Waals surface area contributed by atoms with Gasteiger partial charge in [-0.2, -0.15) is 0 Å². The molecular weight excluding hydrogens is 362 g/mol. The summed E-state index contributed by atoms with van der Waals surface area (Å²) in [5.74, 6) is -0.154. The Bertz CT molecular complexity index is 911. The van der Waals surface area contributed by atoms with Crippen molar-refractivity contribution in [1.82, 2.24) is 9.80 Å². The zero-order valence-electron chi connectivity index (χ0n) is 17.5. The highest BCUT2D eigenvalue weighted by Crippen LogP contribution is 2.31.